The zero-order valence-electron chi connectivity index (χ0n) is 14.4. The van der Waals surface area contributed by atoms with Gasteiger partial charge in [-0.2, -0.15) is 0 Å². The van der Waals surface area contributed by atoms with E-state index in [2.05, 4.69) is 5.32 Å². The Balaban J connectivity index is 1.60. The molecule has 1 N–H and O–H groups in total. The van der Waals surface area contributed by atoms with Gasteiger partial charge >= 0.3 is 0 Å². The molecule has 0 radical (unpaired) electrons. The van der Waals surface area contributed by atoms with Crippen molar-refractivity contribution in [1.29, 1.82) is 0 Å². The summed E-state index contributed by atoms with van der Waals surface area (Å²) in [5.74, 6) is 0.547. The number of thioether (sulfide) groups is 1. The van der Waals surface area contributed by atoms with Crippen molar-refractivity contribution < 1.29 is 14.0 Å². The molecule has 0 saturated carbocycles. The summed E-state index contributed by atoms with van der Waals surface area (Å²) in [6.07, 6.45) is 1.29. The number of amides is 1. The van der Waals surface area contributed by atoms with Gasteiger partial charge in [-0.05, 0) is 56.4 Å². The SMILES string of the molecule is Cc1cc(C(=O)CCC(=O)NCCCSc2ccc(F)cc2)c(C)s1. The highest BCUT2D eigenvalue weighted by Gasteiger charge is 2.13. The number of carbonyl (C=O) groups is 2. The second-order valence-electron chi connectivity index (χ2n) is 5.76. The van der Waals surface area contributed by atoms with Crippen molar-refractivity contribution in [2.24, 2.45) is 0 Å². The van der Waals surface area contributed by atoms with E-state index in [0.717, 1.165) is 32.4 Å². The summed E-state index contributed by atoms with van der Waals surface area (Å²) in [4.78, 5) is 27.1. The molecule has 0 unspecified atom stereocenters. The van der Waals surface area contributed by atoms with Crippen LogP contribution in [0.3, 0.4) is 0 Å². The molecule has 0 spiro atoms. The first-order chi connectivity index (χ1) is 12.0. The molecule has 0 aliphatic heterocycles. The third kappa shape index (κ3) is 6.63. The lowest BCUT2D eigenvalue weighted by Gasteiger charge is -2.05. The van der Waals surface area contributed by atoms with Gasteiger partial charge in [-0.3, -0.25) is 9.59 Å². The first-order valence-corrected chi connectivity index (χ1v) is 10.0. The molecule has 0 aliphatic rings. The van der Waals surface area contributed by atoms with Crippen LogP contribution in [0.1, 0.15) is 39.4 Å². The van der Waals surface area contributed by atoms with Crippen LogP contribution in [0.15, 0.2) is 35.2 Å². The van der Waals surface area contributed by atoms with Gasteiger partial charge in [-0.15, -0.1) is 23.1 Å². The largest absolute Gasteiger partial charge is 0.356 e. The van der Waals surface area contributed by atoms with Crippen LogP contribution in [0.2, 0.25) is 0 Å². The molecule has 134 valence electrons. The summed E-state index contributed by atoms with van der Waals surface area (Å²) in [7, 11) is 0. The quantitative estimate of drug-likeness (QED) is 0.388. The second-order valence-corrected chi connectivity index (χ2v) is 8.38. The van der Waals surface area contributed by atoms with Crippen LogP contribution >= 0.6 is 23.1 Å². The fraction of sp³-hybridized carbons (Fsp3) is 0.368. The van der Waals surface area contributed by atoms with E-state index in [1.807, 2.05) is 19.9 Å². The third-order valence-electron chi connectivity index (χ3n) is 3.65. The van der Waals surface area contributed by atoms with Crippen LogP contribution in [-0.2, 0) is 4.79 Å². The van der Waals surface area contributed by atoms with Gasteiger partial charge in [0.2, 0.25) is 5.91 Å². The molecule has 1 aromatic carbocycles. The van der Waals surface area contributed by atoms with E-state index in [4.69, 9.17) is 0 Å². The Hall–Kier alpha value is -1.66. The Bertz CT molecular complexity index is 726. The van der Waals surface area contributed by atoms with Crippen LogP contribution in [0.4, 0.5) is 4.39 Å². The van der Waals surface area contributed by atoms with Crippen LogP contribution in [-0.4, -0.2) is 24.0 Å². The van der Waals surface area contributed by atoms with E-state index in [1.165, 1.54) is 12.1 Å². The lowest BCUT2D eigenvalue weighted by atomic mass is 10.1. The fourth-order valence-corrected chi connectivity index (χ4v) is 4.17. The Morgan fingerprint density at radius 2 is 1.88 bits per heavy atom. The van der Waals surface area contributed by atoms with E-state index in [9.17, 15) is 14.0 Å². The van der Waals surface area contributed by atoms with E-state index < -0.39 is 0 Å². The first-order valence-electron chi connectivity index (χ1n) is 8.21. The standard InChI is InChI=1S/C19H22FNO2S2/c1-13-12-17(14(2)25-13)18(22)8-9-19(23)21-10-3-11-24-16-6-4-15(20)5-7-16/h4-7,12H,3,8-11H2,1-2H3,(H,21,23). The van der Waals surface area contributed by atoms with Crippen molar-refractivity contribution in [3.05, 3.63) is 51.5 Å². The maximum atomic E-state index is 12.8. The van der Waals surface area contributed by atoms with Gasteiger partial charge in [0.15, 0.2) is 5.78 Å². The van der Waals surface area contributed by atoms with E-state index in [0.29, 0.717) is 6.54 Å². The number of nitrogens with one attached hydrogen (secondary N) is 1. The number of benzene rings is 1. The van der Waals surface area contributed by atoms with E-state index in [1.54, 1.807) is 35.2 Å². The number of ketones is 1. The lowest BCUT2D eigenvalue weighted by Crippen LogP contribution is -2.25. The van der Waals surface area contributed by atoms with Crippen LogP contribution in [0, 0.1) is 19.7 Å². The average Bonchev–Trinajstić information content (AvgIpc) is 2.92. The third-order valence-corrected chi connectivity index (χ3v) is 5.71. The Labute approximate surface area is 156 Å². The average molecular weight is 380 g/mol. The summed E-state index contributed by atoms with van der Waals surface area (Å²) in [6.45, 7) is 4.49. The normalized spacial score (nSPS) is 10.7. The number of carbonyl (C=O) groups excluding carboxylic acids is 2. The van der Waals surface area contributed by atoms with Crippen molar-refractivity contribution in [1.82, 2.24) is 5.32 Å². The molecule has 0 bridgehead atoms. The van der Waals surface area contributed by atoms with Crippen molar-refractivity contribution in [2.45, 2.75) is 38.0 Å². The molecule has 0 saturated heterocycles. The highest BCUT2D eigenvalue weighted by Crippen LogP contribution is 2.22. The molecule has 1 aromatic heterocycles. The predicted molar refractivity (Wildman–Crippen MR) is 102 cm³/mol. The van der Waals surface area contributed by atoms with Gasteiger partial charge in [-0.1, -0.05) is 0 Å². The summed E-state index contributed by atoms with van der Waals surface area (Å²) in [5.41, 5.74) is 0.742. The number of Topliss-reactive ketones (excluding diaryl/α,β-unsaturated/α-hetero) is 1. The maximum absolute atomic E-state index is 12.8. The molecule has 3 nitrogen and oxygen atoms in total. The van der Waals surface area contributed by atoms with Gasteiger partial charge in [-0.25, -0.2) is 4.39 Å². The number of thiophene rings is 1. The topological polar surface area (TPSA) is 46.2 Å². The molecule has 2 aromatic rings. The molecule has 0 atom stereocenters. The molecule has 25 heavy (non-hydrogen) atoms. The fourth-order valence-electron chi connectivity index (χ4n) is 2.38. The molecule has 0 fully saturated rings. The van der Waals surface area contributed by atoms with Crippen LogP contribution < -0.4 is 5.32 Å². The number of hydrogen-bond acceptors (Lipinski definition) is 4. The van der Waals surface area contributed by atoms with Crippen molar-refractivity contribution in [2.75, 3.05) is 12.3 Å². The van der Waals surface area contributed by atoms with Crippen LogP contribution in [0.25, 0.3) is 0 Å². The highest BCUT2D eigenvalue weighted by atomic mass is 32.2. The van der Waals surface area contributed by atoms with Gasteiger partial charge in [0, 0.05) is 39.6 Å². The minimum atomic E-state index is -0.237. The molecular weight excluding hydrogens is 357 g/mol. The minimum absolute atomic E-state index is 0.0314. The highest BCUT2D eigenvalue weighted by molar-refractivity contribution is 7.99. The van der Waals surface area contributed by atoms with Crippen molar-refractivity contribution in [3.63, 3.8) is 0 Å². The monoisotopic (exact) mass is 379 g/mol. The number of halogens is 1. The summed E-state index contributed by atoms with van der Waals surface area (Å²) >= 11 is 3.23. The Morgan fingerprint density at radius 3 is 2.52 bits per heavy atom. The number of rotatable bonds is 9. The molecular formula is C19H22FNO2S2. The zero-order chi connectivity index (χ0) is 18.2. The maximum Gasteiger partial charge on any atom is 0.220 e. The second kappa shape index (κ2) is 9.73. The number of hydrogen-bond donors (Lipinski definition) is 1. The molecule has 6 heteroatoms. The molecule has 1 heterocycles. The van der Waals surface area contributed by atoms with Crippen molar-refractivity contribution in [3.8, 4) is 0 Å². The van der Waals surface area contributed by atoms with Crippen molar-refractivity contribution >= 4 is 34.8 Å². The number of aryl methyl sites for hydroxylation is 2. The summed E-state index contributed by atoms with van der Waals surface area (Å²) in [6, 6.07) is 8.28. The molecule has 1 amide bonds. The van der Waals surface area contributed by atoms with E-state index in [-0.39, 0.29) is 30.3 Å². The first kappa shape index (κ1) is 19.7. The zero-order valence-corrected chi connectivity index (χ0v) is 16.1. The van der Waals surface area contributed by atoms with Gasteiger partial charge < -0.3 is 5.32 Å². The summed E-state index contributed by atoms with van der Waals surface area (Å²) < 4.78 is 12.8. The van der Waals surface area contributed by atoms with Crippen LogP contribution in [0.5, 0.6) is 0 Å². The molecule has 0 aliphatic carbocycles. The Morgan fingerprint density at radius 1 is 1.16 bits per heavy atom. The van der Waals surface area contributed by atoms with Gasteiger partial charge in [0.1, 0.15) is 5.82 Å². The minimum Gasteiger partial charge on any atom is -0.356 e. The summed E-state index contributed by atoms with van der Waals surface area (Å²) in [5, 5.41) is 2.84. The van der Waals surface area contributed by atoms with E-state index >= 15 is 0 Å². The molecule has 2 rings (SSSR count). The lowest BCUT2D eigenvalue weighted by molar-refractivity contribution is -0.121. The van der Waals surface area contributed by atoms with Gasteiger partial charge in [0.25, 0.3) is 0 Å². The smallest absolute Gasteiger partial charge is 0.220 e. The Kier molecular flexibility index (Phi) is 7.65. The van der Waals surface area contributed by atoms with Gasteiger partial charge in [0.05, 0.1) is 0 Å². The predicted octanol–water partition coefficient (Wildman–Crippen LogP) is 4.77.